The van der Waals surface area contributed by atoms with Gasteiger partial charge in [-0.25, -0.2) is 4.57 Å². The molecule has 342 valence electrons. The number of carbonyl (C=O) groups excluding carboxylic acids is 2. The Bertz CT molecular complexity index is 1260. The first-order valence-corrected chi connectivity index (χ1v) is 23.8. The number of esters is 2. The number of unbranched alkanes of at least 4 members (excludes halogenated alkanes) is 13. The van der Waals surface area contributed by atoms with Gasteiger partial charge in [-0.05, 0) is 63.7 Å². The standard InChI is InChI=1S/C44H78NO13P/c1-3-5-7-8-9-10-11-12-13-14-15-16-17-18-23-27-42(49)55-32-36(33-56-59(53,54)57-34-39(45)44(51)52)58-43(50)28-24-20-19-22-26-37-38(41(48)31-40(37)47)30-29-35(46)25-21-6-4-2/h9-10,12-13,29-30,35-41,46-48H,3-8,11,14-28,31-34,45H2,1-2H3,(H,51,52)(H,53,54)/b10-9-,13-12-,30-29+/t35-,36+,37+,38+,39-,40-,41+/m0/s1. The molecule has 0 aromatic carbocycles. The highest BCUT2D eigenvalue weighted by molar-refractivity contribution is 7.47. The molecule has 1 fully saturated rings. The van der Waals surface area contributed by atoms with Crippen LogP contribution in [0.4, 0.5) is 0 Å². The topological polar surface area (TPSA) is 232 Å². The van der Waals surface area contributed by atoms with Crippen LogP contribution in [-0.4, -0.2) is 93.5 Å². The van der Waals surface area contributed by atoms with E-state index in [1.54, 1.807) is 6.08 Å². The summed E-state index contributed by atoms with van der Waals surface area (Å²) in [6.07, 6.45) is 28.4. The maximum absolute atomic E-state index is 12.8. The summed E-state index contributed by atoms with van der Waals surface area (Å²) in [5.74, 6) is -2.93. The SMILES string of the molecule is CCCCC/C=C\C/C=C\CCCCCCCC(=O)OC[C@H](COP(=O)(O)OC[C@H](N)C(=O)O)OC(=O)CCCCCC[C@@H]1[C@@H](/C=C/[C@@H](O)CCCCC)[C@H](O)C[C@@H]1O. The quantitative estimate of drug-likeness (QED) is 0.0150. The van der Waals surface area contributed by atoms with Crippen molar-refractivity contribution in [3.05, 3.63) is 36.5 Å². The monoisotopic (exact) mass is 860 g/mol. The number of hydrogen-bond acceptors (Lipinski definition) is 12. The van der Waals surface area contributed by atoms with Crippen LogP contribution in [0, 0.1) is 11.8 Å². The minimum atomic E-state index is -4.78. The fraction of sp³-hybridized carbons (Fsp3) is 0.795. The molecule has 1 rings (SSSR count). The van der Waals surface area contributed by atoms with Crippen molar-refractivity contribution in [3.8, 4) is 0 Å². The third-order valence-corrected chi connectivity index (χ3v) is 11.4. The predicted molar refractivity (Wildman–Crippen MR) is 228 cm³/mol. The summed E-state index contributed by atoms with van der Waals surface area (Å²) in [6.45, 7) is 2.44. The zero-order valence-electron chi connectivity index (χ0n) is 35.9. The fourth-order valence-corrected chi connectivity index (χ4v) is 7.67. The highest BCUT2D eigenvalue weighted by Crippen LogP contribution is 2.43. The van der Waals surface area contributed by atoms with E-state index in [9.17, 15) is 39.2 Å². The summed E-state index contributed by atoms with van der Waals surface area (Å²) >= 11 is 0. The Morgan fingerprint density at radius 2 is 1.32 bits per heavy atom. The lowest BCUT2D eigenvalue weighted by atomic mass is 9.88. The molecule has 7 N–H and O–H groups in total. The van der Waals surface area contributed by atoms with Crippen molar-refractivity contribution in [2.24, 2.45) is 17.6 Å². The van der Waals surface area contributed by atoms with E-state index >= 15 is 0 Å². The van der Waals surface area contributed by atoms with Crippen molar-refractivity contribution in [2.45, 2.75) is 192 Å². The summed E-state index contributed by atoms with van der Waals surface area (Å²) in [4.78, 5) is 46.2. The second-order valence-corrected chi connectivity index (χ2v) is 17.2. The Kier molecular flexibility index (Phi) is 31.6. The first-order chi connectivity index (χ1) is 28.3. The van der Waals surface area contributed by atoms with E-state index in [2.05, 4.69) is 42.7 Å². The van der Waals surface area contributed by atoms with Crippen LogP contribution >= 0.6 is 7.82 Å². The molecule has 0 heterocycles. The van der Waals surface area contributed by atoms with Gasteiger partial charge in [0.05, 0.1) is 31.5 Å². The minimum absolute atomic E-state index is 0.0310. The van der Waals surface area contributed by atoms with Gasteiger partial charge in [-0.3, -0.25) is 23.4 Å². The average molecular weight is 860 g/mol. The number of aliphatic hydroxyl groups is 3. The lowest BCUT2D eigenvalue weighted by Gasteiger charge is -2.21. The first-order valence-electron chi connectivity index (χ1n) is 22.3. The second-order valence-electron chi connectivity index (χ2n) is 15.8. The number of phosphoric acid groups is 1. The number of ether oxygens (including phenoxy) is 2. The average Bonchev–Trinajstić information content (AvgIpc) is 3.47. The Morgan fingerprint density at radius 1 is 0.746 bits per heavy atom. The summed E-state index contributed by atoms with van der Waals surface area (Å²) in [6, 6.07) is -1.56. The zero-order chi connectivity index (χ0) is 43.7. The molecule has 0 aliphatic heterocycles. The molecule has 1 unspecified atom stereocenters. The molecule has 59 heavy (non-hydrogen) atoms. The highest BCUT2D eigenvalue weighted by Gasteiger charge is 2.39. The molecule has 0 aromatic heterocycles. The smallest absolute Gasteiger partial charge is 0.472 e. The van der Waals surface area contributed by atoms with E-state index in [-0.39, 0.29) is 24.7 Å². The van der Waals surface area contributed by atoms with E-state index in [1.807, 2.05) is 6.08 Å². The van der Waals surface area contributed by atoms with Crippen LogP contribution in [0.3, 0.4) is 0 Å². The van der Waals surface area contributed by atoms with Gasteiger partial charge < -0.3 is 40.5 Å². The molecular weight excluding hydrogens is 781 g/mol. The van der Waals surface area contributed by atoms with Crippen molar-refractivity contribution in [1.82, 2.24) is 0 Å². The molecule has 0 bridgehead atoms. The van der Waals surface area contributed by atoms with Gasteiger partial charge in [0.2, 0.25) is 0 Å². The lowest BCUT2D eigenvalue weighted by Crippen LogP contribution is -2.34. The lowest BCUT2D eigenvalue weighted by molar-refractivity contribution is -0.161. The van der Waals surface area contributed by atoms with Crippen LogP contribution in [0.1, 0.15) is 162 Å². The van der Waals surface area contributed by atoms with Gasteiger partial charge in [0, 0.05) is 25.2 Å². The molecule has 1 aliphatic rings. The summed E-state index contributed by atoms with van der Waals surface area (Å²) in [7, 11) is -4.78. The van der Waals surface area contributed by atoms with Crippen molar-refractivity contribution >= 4 is 25.7 Å². The van der Waals surface area contributed by atoms with Gasteiger partial charge >= 0.3 is 25.7 Å². The van der Waals surface area contributed by atoms with Crippen molar-refractivity contribution in [3.63, 3.8) is 0 Å². The summed E-state index contributed by atoms with van der Waals surface area (Å²) < 4.78 is 32.7. The fourth-order valence-electron chi connectivity index (χ4n) is 6.90. The molecule has 8 atom stereocenters. The molecule has 0 amide bonds. The van der Waals surface area contributed by atoms with Crippen LogP contribution in [0.5, 0.6) is 0 Å². The summed E-state index contributed by atoms with van der Waals surface area (Å²) in [5, 5.41) is 40.3. The number of hydrogen-bond donors (Lipinski definition) is 6. The number of carbonyl (C=O) groups is 3. The Balaban J connectivity index is 2.49. The van der Waals surface area contributed by atoms with Crippen LogP contribution in [-0.2, 0) is 37.5 Å². The van der Waals surface area contributed by atoms with E-state index in [0.29, 0.717) is 38.5 Å². The molecule has 1 saturated carbocycles. The maximum Gasteiger partial charge on any atom is 0.472 e. The van der Waals surface area contributed by atoms with Crippen LogP contribution in [0.2, 0.25) is 0 Å². The number of rotatable bonds is 37. The molecule has 0 radical (unpaired) electrons. The van der Waals surface area contributed by atoms with Crippen molar-refractivity contribution in [2.75, 3.05) is 19.8 Å². The van der Waals surface area contributed by atoms with Crippen molar-refractivity contribution < 1.29 is 62.8 Å². The molecule has 0 aromatic rings. The number of carboxylic acids is 1. The highest BCUT2D eigenvalue weighted by atomic mass is 31.2. The van der Waals surface area contributed by atoms with E-state index in [0.717, 1.165) is 77.0 Å². The van der Waals surface area contributed by atoms with E-state index in [4.69, 9.17) is 24.8 Å². The van der Waals surface area contributed by atoms with Gasteiger partial charge in [0.1, 0.15) is 12.6 Å². The van der Waals surface area contributed by atoms with E-state index < -0.39 is 76.0 Å². The van der Waals surface area contributed by atoms with Gasteiger partial charge in [0.15, 0.2) is 6.10 Å². The Hall–Kier alpha value is -2.42. The van der Waals surface area contributed by atoms with Gasteiger partial charge in [-0.15, -0.1) is 0 Å². The molecule has 14 nitrogen and oxygen atoms in total. The molecule has 15 heteroatoms. The summed E-state index contributed by atoms with van der Waals surface area (Å²) in [5.41, 5.74) is 5.33. The zero-order valence-corrected chi connectivity index (χ0v) is 36.8. The minimum Gasteiger partial charge on any atom is -0.480 e. The normalized spacial score (nSPS) is 20.9. The molecule has 1 aliphatic carbocycles. The maximum atomic E-state index is 12.8. The second kappa shape index (κ2) is 34.2. The first kappa shape index (κ1) is 54.6. The van der Waals surface area contributed by atoms with Crippen molar-refractivity contribution in [1.29, 1.82) is 0 Å². The number of aliphatic carboxylic acids is 1. The van der Waals surface area contributed by atoms with Gasteiger partial charge in [0.25, 0.3) is 0 Å². The van der Waals surface area contributed by atoms with Gasteiger partial charge in [-0.2, -0.15) is 0 Å². The number of aliphatic hydroxyl groups excluding tert-OH is 3. The van der Waals surface area contributed by atoms with Crippen LogP contribution < -0.4 is 5.73 Å². The third kappa shape index (κ3) is 28.7. The largest absolute Gasteiger partial charge is 0.480 e. The molecule has 0 saturated heterocycles. The predicted octanol–water partition coefficient (Wildman–Crippen LogP) is 8.00. The van der Waals surface area contributed by atoms with E-state index in [1.165, 1.54) is 19.3 Å². The number of nitrogens with two attached hydrogens (primary N) is 1. The molecular formula is C44H78NO13P. The number of allylic oxidation sites excluding steroid dienone is 4. The molecule has 0 spiro atoms. The van der Waals surface area contributed by atoms with Gasteiger partial charge in [-0.1, -0.05) is 121 Å². The number of carboxylic acid groups (broad SMARTS) is 1. The van der Waals surface area contributed by atoms with Crippen LogP contribution in [0.25, 0.3) is 0 Å². The Labute approximate surface area is 353 Å². The number of phosphoric ester groups is 1. The third-order valence-electron chi connectivity index (χ3n) is 10.5. The van der Waals surface area contributed by atoms with Crippen LogP contribution in [0.15, 0.2) is 36.5 Å². The Morgan fingerprint density at radius 3 is 1.98 bits per heavy atom.